The fourth-order valence-corrected chi connectivity index (χ4v) is 1.40. The van der Waals surface area contributed by atoms with Crippen LogP contribution < -0.4 is 0 Å². The highest BCUT2D eigenvalue weighted by Crippen LogP contribution is 2.24. The number of rotatable bonds is 1. The molecule has 0 amide bonds. The molecule has 0 N–H and O–H groups in total. The molecule has 1 aromatic carbocycles. The van der Waals surface area contributed by atoms with Crippen LogP contribution in [0.2, 0.25) is 5.15 Å². The van der Waals surface area contributed by atoms with Gasteiger partial charge < -0.3 is 0 Å². The van der Waals surface area contributed by atoms with Crippen LogP contribution in [0.5, 0.6) is 0 Å². The molecule has 0 saturated carbocycles. The van der Waals surface area contributed by atoms with Crippen molar-refractivity contribution < 1.29 is 9.31 Å². The summed E-state index contributed by atoms with van der Waals surface area (Å²) in [5.41, 5.74) is -0.298. The van der Waals surface area contributed by atoms with Crippen molar-refractivity contribution in [3.05, 3.63) is 45.4 Å². The van der Waals surface area contributed by atoms with Crippen molar-refractivity contribution in [1.82, 2.24) is 4.98 Å². The molecule has 4 nitrogen and oxygen atoms in total. The van der Waals surface area contributed by atoms with Gasteiger partial charge in [-0.15, -0.1) is 0 Å². The van der Waals surface area contributed by atoms with Crippen molar-refractivity contribution >= 4 is 28.2 Å². The number of pyridine rings is 1. The number of aromatic nitrogens is 1. The number of nitro benzene ring substituents is 1. The van der Waals surface area contributed by atoms with Gasteiger partial charge in [0.05, 0.1) is 10.4 Å². The Bertz CT molecular complexity index is 559. The molecule has 15 heavy (non-hydrogen) atoms. The van der Waals surface area contributed by atoms with Gasteiger partial charge in [0.25, 0.3) is 0 Å². The number of fused-ring (bicyclic) bond motifs is 1. The van der Waals surface area contributed by atoms with Crippen molar-refractivity contribution in [3.63, 3.8) is 0 Å². The van der Waals surface area contributed by atoms with Crippen LogP contribution in [0.3, 0.4) is 0 Å². The number of nitrogens with zero attached hydrogens (tertiary/aromatic N) is 2. The van der Waals surface area contributed by atoms with Gasteiger partial charge in [0, 0.05) is 11.5 Å². The summed E-state index contributed by atoms with van der Waals surface area (Å²) in [7, 11) is 0. The van der Waals surface area contributed by atoms with Gasteiger partial charge in [0.2, 0.25) is 5.82 Å². The molecule has 0 aliphatic carbocycles. The van der Waals surface area contributed by atoms with E-state index in [1.165, 1.54) is 6.07 Å². The van der Waals surface area contributed by atoms with Gasteiger partial charge in [-0.3, -0.25) is 10.1 Å². The minimum Gasteiger partial charge on any atom is -0.258 e. The Hall–Kier alpha value is -1.75. The van der Waals surface area contributed by atoms with Crippen molar-refractivity contribution in [2.75, 3.05) is 0 Å². The minimum absolute atomic E-state index is 0.211. The van der Waals surface area contributed by atoms with Crippen LogP contribution in [0.4, 0.5) is 10.1 Å². The fourth-order valence-electron chi connectivity index (χ4n) is 1.25. The predicted molar refractivity (Wildman–Crippen MR) is 53.4 cm³/mol. The normalized spacial score (nSPS) is 10.5. The van der Waals surface area contributed by atoms with Crippen LogP contribution in [0.1, 0.15) is 0 Å². The molecule has 0 spiro atoms. The van der Waals surface area contributed by atoms with E-state index < -0.39 is 16.4 Å². The summed E-state index contributed by atoms with van der Waals surface area (Å²) in [6, 6.07) is 5.18. The summed E-state index contributed by atoms with van der Waals surface area (Å²) in [5, 5.41) is 11.1. The van der Waals surface area contributed by atoms with Gasteiger partial charge in [-0.25, -0.2) is 4.98 Å². The highest BCUT2D eigenvalue weighted by atomic mass is 35.5. The first-order chi connectivity index (χ1) is 7.08. The zero-order valence-electron chi connectivity index (χ0n) is 7.28. The summed E-state index contributed by atoms with van der Waals surface area (Å²) in [6.45, 7) is 0. The average Bonchev–Trinajstić information content (AvgIpc) is 2.17. The molecule has 76 valence electrons. The SMILES string of the molecule is O=[N+]([O-])c1cc2nc(Cl)ccc2cc1F. The molecule has 2 rings (SSSR count). The van der Waals surface area contributed by atoms with Crippen LogP contribution in [0, 0.1) is 15.9 Å². The van der Waals surface area contributed by atoms with E-state index in [1.807, 2.05) is 0 Å². The van der Waals surface area contributed by atoms with Gasteiger partial charge >= 0.3 is 5.69 Å². The Morgan fingerprint density at radius 1 is 1.40 bits per heavy atom. The third-order valence-electron chi connectivity index (χ3n) is 1.92. The van der Waals surface area contributed by atoms with E-state index >= 15 is 0 Å². The standard InChI is InChI=1S/C9H4ClFN2O2/c10-9-2-1-5-3-6(11)8(13(14)15)4-7(5)12-9/h1-4H. The van der Waals surface area contributed by atoms with E-state index in [-0.39, 0.29) is 5.15 Å². The van der Waals surface area contributed by atoms with Gasteiger partial charge in [-0.05, 0) is 18.2 Å². The molecular weight excluding hydrogens is 223 g/mol. The lowest BCUT2D eigenvalue weighted by Gasteiger charge is -1.98. The zero-order chi connectivity index (χ0) is 11.0. The fraction of sp³-hybridized carbons (Fsp3) is 0. The lowest BCUT2D eigenvalue weighted by atomic mass is 10.2. The Balaban J connectivity index is 2.77. The number of benzene rings is 1. The Kier molecular flexibility index (Phi) is 2.24. The predicted octanol–water partition coefficient (Wildman–Crippen LogP) is 2.94. The van der Waals surface area contributed by atoms with Crippen LogP contribution in [-0.2, 0) is 0 Å². The van der Waals surface area contributed by atoms with Crippen LogP contribution in [-0.4, -0.2) is 9.91 Å². The Labute approximate surface area is 88.5 Å². The first-order valence-electron chi connectivity index (χ1n) is 3.98. The van der Waals surface area contributed by atoms with E-state index in [1.54, 1.807) is 6.07 Å². The number of hydrogen-bond donors (Lipinski definition) is 0. The van der Waals surface area contributed by atoms with Crippen LogP contribution >= 0.6 is 11.6 Å². The molecule has 0 unspecified atom stereocenters. The number of hydrogen-bond acceptors (Lipinski definition) is 3. The van der Waals surface area contributed by atoms with Gasteiger partial charge in [0.15, 0.2) is 0 Å². The Morgan fingerprint density at radius 3 is 2.80 bits per heavy atom. The highest BCUT2D eigenvalue weighted by molar-refractivity contribution is 6.29. The quantitative estimate of drug-likeness (QED) is 0.427. The largest absolute Gasteiger partial charge is 0.306 e. The Morgan fingerprint density at radius 2 is 2.13 bits per heavy atom. The van der Waals surface area contributed by atoms with Crippen molar-refractivity contribution in [3.8, 4) is 0 Å². The second-order valence-electron chi connectivity index (χ2n) is 2.89. The zero-order valence-corrected chi connectivity index (χ0v) is 8.03. The van der Waals surface area contributed by atoms with Crippen LogP contribution in [0.15, 0.2) is 24.3 Å². The molecule has 1 heterocycles. The van der Waals surface area contributed by atoms with E-state index in [4.69, 9.17) is 11.6 Å². The van der Waals surface area contributed by atoms with Crippen molar-refractivity contribution in [2.24, 2.45) is 0 Å². The summed E-state index contributed by atoms with van der Waals surface area (Å²) in [5.74, 6) is -0.878. The first-order valence-corrected chi connectivity index (χ1v) is 4.36. The van der Waals surface area contributed by atoms with E-state index in [2.05, 4.69) is 4.98 Å². The highest BCUT2D eigenvalue weighted by Gasteiger charge is 2.15. The molecular formula is C9H4ClFN2O2. The second kappa shape index (κ2) is 3.43. The molecule has 0 atom stereocenters. The van der Waals surface area contributed by atoms with Crippen LogP contribution in [0.25, 0.3) is 10.9 Å². The molecule has 0 aliphatic rings. The smallest absolute Gasteiger partial charge is 0.258 e. The monoisotopic (exact) mass is 226 g/mol. The molecule has 0 bridgehead atoms. The lowest BCUT2D eigenvalue weighted by Crippen LogP contribution is -1.93. The third-order valence-corrected chi connectivity index (χ3v) is 2.13. The maximum Gasteiger partial charge on any atom is 0.306 e. The maximum absolute atomic E-state index is 13.2. The molecule has 0 aliphatic heterocycles. The molecule has 1 aromatic heterocycles. The summed E-state index contributed by atoms with van der Waals surface area (Å²) in [4.78, 5) is 13.5. The molecule has 6 heteroatoms. The van der Waals surface area contributed by atoms with E-state index in [0.717, 1.165) is 12.1 Å². The molecule has 0 saturated heterocycles. The topological polar surface area (TPSA) is 56.0 Å². The second-order valence-corrected chi connectivity index (χ2v) is 3.27. The van der Waals surface area contributed by atoms with Crippen molar-refractivity contribution in [1.29, 1.82) is 0 Å². The van der Waals surface area contributed by atoms with E-state index in [9.17, 15) is 14.5 Å². The summed E-state index contributed by atoms with van der Waals surface area (Å²) in [6.07, 6.45) is 0. The molecule has 2 aromatic rings. The minimum atomic E-state index is -0.878. The number of halogens is 2. The first kappa shape index (κ1) is 9.79. The maximum atomic E-state index is 13.2. The molecule has 0 radical (unpaired) electrons. The van der Waals surface area contributed by atoms with Gasteiger partial charge in [-0.1, -0.05) is 11.6 Å². The summed E-state index contributed by atoms with van der Waals surface area (Å²) >= 11 is 5.62. The summed E-state index contributed by atoms with van der Waals surface area (Å²) < 4.78 is 13.2. The number of nitro groups is 1. The molecule has 0 fully saturated rings. The third kappa shape index (κ3) is 1.73. The lowest BCUT2D eigenvalue weighted by molar-refractivity contribution is -0.387. The van der Waals surface area contributed by atoms with Gasteiger partial charge in [-0.2, -0.15) is 4.39 Å². The van der Waals surface area contributed by atoms with Gasteiger partial charge in [0.1, 0.15) is 5.15 Å². The van der Waals surface area contributed by atoms with E-state index in [0.29, 0.717) is 10.9 Å². The van der Waals surface area contributed by atoms with Crippen molar-refractivity contribution in [2.45, 2.75) is 0 Å². The average molecular weight is 227 g/mol.